The van der Waals surface area contributed by atoms with Crippen LogP contribution in [0.1, 0.15) is 5.69 Å². The topological polar surface area (TPSA) is 36.7 Å². The predicted molar refractivity (Wildman–Crippen MR) is 58.9 cm³/mol. The lowest BCUT2D eigenvalue weighted by Crippen LogP contribution is -1.92. The first kappa shape index (κ1) is 11.2. The Morgan fingerprint density at radius 3 is 2.47 bits per heavy atom. The second kappa shape index (κ2) is 4.71. The van der Waals surface area contributed by atoms with Crippen LogP contribution >= 0.6 is 0 Å². The molecule has 0 N–H and O–H groups in total. The third kappa shape index (κ3) is 2.64. The number of nitrogens with zero attached hydrogens (tertiary/aromatic N) is 2. The molecule has 0 saturated heterocycles. The van der Waals surface area contributed by atoms with Gasteiger partial charge in [0.2, 0.25) is 0 Å². The van der Waals surface area contributed by atoms with Crippen LogP contribution in [-0.2, 0) is 6.42 Å². The number of rotatable bonds is 2. The van der Waals surface area contributed by atoms with Gasteiger partial charge in [-0.2, -0.15) is 5.26 Å². The maximum absolute atomic E-state index is 13.0. The molecule has 1 aromatic carbocycles. The molecule has 0 unspecified atom stereocenters. The summed E-state index contributed by atoms with van der Waals surface area (Å²) in [7, 11) is 0. The number of hydrogen-bond acceptors (Lipinski definition) is 2. The van der Waals surface area contributed by atoms with Crippen molar-refractivity contribution >= 4 is 0 Å². The van der Waals surface area contributed by atoms with Crippen molar-refractivity contribution in [2.75, 3.05) is 0 Å². The minimum atomic E-state index is -0.646. The largest absolute Gasteiger partial charge is 0.252 e. The van der Waals surface area contributed by atoms with E-state index in [2.05, 4.69) is 4.98 Å². The minimum absolute atomic E-state index is 0.172. The molecular weight excluding hydrogens is 222 g/mol. The zero-order valence-electron chi connectivity index (χ0n) is 8.82. The van der Waals surface area contributed by atoms with E-state index in [0.29, 0.717) is 17.0 Å². The third-order valence-electron chi connectivity index (χ3n) is 2.23. The first-order valence-electron chi connectivity index (χ1n) is 4.98. The monoisotopic (exact) mass is 230 g/mol. The highest BCUT2D eigenvalue weighted by Crippen LogP contribution is 2.20. The average Bonchev–Trinajstić information content (AvgIpc) is 2.28. The summed E-state index contributed by atoms with van der Waals surface area (Å²) in [6.45, 7) is 0. The number of aromatic nitrogens is 1. The summed E-state index contributed by atoms with van der Waals surface area (Å²) in [5, 5.41) is 8.56. The van der Waals surface area contributed by atoms with E-state index >= 15 is 0 Å². The Bertz CT molecular complexity index is 568. The van der Waals surface area contributed by atoms with Crippen LogP contribution in [0, 0.1) is 23.0 Å². The fourth-order valence-electron chi connectivity index (χ4n) is 1.52. The quantitative estimate of drug-likeness (QED) is 0.794. The number of hydrogen-bond donors (Lipinski definition) is 0. The van der Waals surface area contributed by atoms with E-state index in [1.54, 1.807) is 18.2 Å². The molecule has 0 spiro atoms. The van der Waals surface area contributed by atoms with Crippen molar-refractivity contribution in [1.82, 2.24) is 4.98 Å². The van der Waals surface area contributed by atoms with Crippen LogP contribution in [0.3, 0.4) is 0 Å². The first-order valence-corrected chi connectivity index (χ1v) is 4.98. The summed E-state index contributed by atoms with van der Waals surface area (Å²) in [4.78, 5) is 4.16. The van der Waals surface area contributed by atoms with Crippen LogP contribution in [0.2, 0.25) is 0 Å². The van der Waals surface area contributed by atoms with E-state index in [-0.39, 0.29) is 6.42 Å². The molecule has 0 atom stereocenters. The van der Waals surface area contributed by atoms with Gasteiger partial charge in [0.05, 0.1) is 23.9 Å². The number of halogens is 2. The number of nitriles is 1. The summed E-state index contributed by atoms with van der Waals surface area (Å²) in [5.74, 6) is -1.29. The highest BCUT2D eigenvalue weighted by atomic mass is 19.1. The van der Waals surface area contributed by atoms with E-state index in [4.69, 9.17) is 5.26 Å². The van der Waals surface area contributed by atoms with E-state index in [9.17, 15) is 8.78 Å². The fourth-order valence-corrected chi connectivity index (χ4v) is 1.52. The zero-order valence-corrected chi connectivity index (χ0v) is 8.82. The van der Waals surface area contributed by atoms with Gasteiger partial charge in [-0.05, 0) is 24.3 Å². The van der Waals surface area contributed by atoms with Crippen LogP contribution in [-0.4, -0.2) is 4.98 Å². The maximum Gasteiger partial charge on any atom is 0.126 e. The number of benzene rings is 1. The molecule has 2 nitrogen and oxygen atoms in total. The van der Waals surface area contributed by atoms with Crippen molar-refractivity contribution in [3.8, 4) is 17.3 Å². The van der Waals surface area contributed by atoms with Gasteiger partial charge in [-0.15, -0.1) is 0 Å². The molecule has 0 radical (unpaired) electrons. The Balaban J connectivity index is 2.45. The summed E-state index contributed by atoms with van der Waals surface area (Å²) in [6, 6.07) is 10.3. The van der Waals surface area contributed by atoms with Crippen molar-refractivity contribution in [2.24, 2.45) is 0 Å². The maximum atomic E-state index is 13.0. The highest BCUT2D eigenvalue weighted by Gasteiger charge is 2.05. The molecule has 84 valence electrons. The Morgan fingerprint density at radius 2 is 1.82 bits per heavy atom. The van der Waals surface area contributed by atoms with Crippen LogP contribution in [0.25, 0.3) is 11.3 Å². The van der Waals surface area contributed by atoms with E-state index in [1.807, 2.05) is 6.07 Å². The molecule has 0 amide bonds. The lowest BCUT2D eigenvalue weighted by atomic mass is 10.1. The average molecular weight is 230 g/mol. The predicted octanol–water partition coefficient (Wildman–Crippen LogP) is 3.09. The highest BCUT2D eigenvalue weighted by molar-refractivity contribution is 5.59. The lowest BCUT2D eigenvalue weighted by Gasteiger charge is -2.03. The lowest BCUT2D eigenvalue weighted by molar-refractivity contribution is 0.584. The molecule has 1 aromatic heterocycles. The molecule has 0 aliphatic rings. The fraction of sp³-hybridized carbons (Fsp3) is 0.0769. The Morgan fingerprint density at radius 1 is 1.12 bits per heavy atom. The Kier molecular flexibility index (Phi) is 3.10. The van der Waals surface area contributed by atoms with Gasteiger partial charge in [-0.3, -0.25) is 4.98 Å². The van der Waals surface area contributed by atoms with Crippen molar-refractivity contribution < 1.29 is 8.78 Å². The van der Waals surface area contributed by atoms with Crippen molar-refractivity contribution in [3.63, 3.8) is 0 Å². The normalized spacial score (nSPS) is 9.94. The molecule has 0 saturated carbocycles. The van der Waals surface area contributed by atoms with Gasteiger partial charge in [0.15, 0.2) is 0 Å². The molecule has 2 aromatic rings. The van der Waals surface area contributed by atoms with Crippen LogP contribution in [0.4, 0.5) is 8.78 Å². The van der Waals surface area contributed by atoms with Gasteiger partial charge in [0.25, 0.3) is 0 Å². The van der Waals surface area contributed by atoms with Gasteiger partial charge in [-0.1, -0.05) is 6.07 Å². The summed E-state index contributed by atoms with van der Waals surface area (Å²) in [6.07, 6.45) is 0.172. The Labute approximate surface area is 97.2 Å². The molecule has 1 heterocycles. The molecule has 4 heteroatoms. The molecule has 0 fully saturated rings. The van der Waals surface area contributed by atoms with Gasteiger partial charge >= 0.3 is 0 Å². The van der Waals surface area contributed by atoms with Gasteiger partial charge in [0.1, 0.15) is 11.6 Å². The zero-order chi connectivity index (χ0) is 12.3. The van der Waals surface area contributed by atoms with Crippen LogP contribution in [0.5, 0.6) is 0 Å². The standard InChI is InChI=1S/C13H8F2N2/c14-10-6-9(7-11(15)8-10)13-3-1-2-12(17-13)4-5-16/h1-3,6-8H,4H2. The second-order valence-corrected chi connectivity index (χ2v) is 3.51. The molecule has 0 aliphatic heterocycles. The summed E-state index contributed by atoms with van der Waals surface area (Å²) < 4.78 is 26.1. The minimum Gasteiger partial charge on any atom is -0.252 e. The number of pyridine rings is 1. The van der Waals surface area contributed by atoms with Crippen molar-refractivity contribution in [3.05, 3.63) is 53.7 Å². The molecule has 0 bridgehead atoms. The van der Waals surface area contributed by atoms with E-state index in [0.717, 1.165) is 6.07 Å². The third-order valence-corrected chi connectivity index (χ3v) is 2.23. The molecule has 17 heavy (non-hydrogen) atoms. The van der Waals surface area contributed by atoms with E-state index < -0.39 is 11.6 Å². The van der Waals surface area contributed by atoms with Crippen molar-refractivity contribution in [1.29, 1.82) is 5.26 Å². The molecule has 2 rings (SSSR count). The Hall–Kier alpha value is -2.28. The smallest absolute Gasteiger partial charge is 0.126 e. The van der Waals surface area contributed by atoms with E-state index in [1.165, 1.54) is 12.1 Å². The van der Waals surface area contributed by atoms with Gasteiger partial charge in [-0.25, -0.2) is 8.78 Å². The van der Waals surface area contributed by atoms with Crippen LogP contribution in [0.15, 0.2) is 36.4 Å². The second-order valence-electron chi connectivity index (χ2n) is 3.51. The van der Waals surface area contributed by atoms with Crippen LogP contribution < -0.4 is 0 Å². The first-order chi connectivity index (χ1) is 8.19. The van der Waals surface area contributed by atoms with Crippen molar-refractivity contribution in [2.45, 2.75) is 6.42 Å². The van der Waals surface area contributed by atoms with Gasteiger partial charge < -0.3 is 0 Å². The molecular formula is C13H8F2N2. The summed E-state index contributed by atoms with van der Waals surface area (Å²) >= 11 is 0. The molecule has 0 aliphatic carbocycles. The SMILES string of the molecule is N#CCc1cccc(-c2cc(F)cc(F)c2)n1. The van der Waals surface area contributed by atoms with Gasteiger partial charge in [0, 0.05) is 11.6 Å². The summed E-state index contributed by atoms with van der Waals surface area (Å²) in [5.41, 5.74) is 1.40.